The third-order valence-corrected chi connectivity index (χ3v) is 3.70. The van der Waals surface area contributed by atoms with Gasteiger partial charge in [-0.25, -0.2) is 13.2 Å². The SMILES string of the molecule is CC(C)c1ccc(C(Cl)c2cc(F)c(F)cc2F)cc1. The molecule has 0 aliphatic rings. The zero-order valence-electron chi connectivity index (χ0n) is 11.1. The maximum absolute atomic E-state index is 13.7. The fourth-order valence-corrected chi connectivity index (χ4v) is 2.27. The Balaban J connectivity index is 2.36. The first-order chi connectivity index (χ1) is 9.40. The fourth-order valence-electron chi connectivity index (χ4n) is 1.96. The summed E-state index contributed by atoms with van der Waals surface area (Å²) in [5.74, 6) is -2.80. The predicted octanol–water partition coefficient (Wildman–Crippen LogP) is 5.56. The lowest BCUT2D eigenvalue weighted by molar-refractivity contribution is 0.490. The minimum absolute atomic E-state index is 0.0668. The van der Waals surface area contributed by atoms with Crippen LogP contribution in [0.2, 0.25) is 0 Å². The van der Waals surface area contributed by atoms with E-state index in [9.17, 15) is 13.2 Å². The molecule has 1 unspecified atom stereocenters. The zero-order valence-corrected chi connectivity index (χ0v) is 11.9. The predicted molar refractivity (Wildman–Crippen MR) is 74.5 cm³/mol. The van der Waals surface area contributed by atoms with Gasteiger partial charge in [0.15, 0.2) is 11.6 Å². The molecule has 0 fully saturated rings. The van der Waals surface area contributed by atoms with Crippen LogP contribution in [0.3, 0.4) is 0 Å². The summed E-state index contributed by atoms with van der Waals surface area (Å²) in [6, 6.07) is 8.66. The molecule has 0 saturated heterocycles. The Bertz CT molecular complexity index is 606. The molecule has 0 radical (unpaired) electrons. The molecule has 0 saturated carbocycles. The van der Waals surface area contributed by atoms with E-state index in [0.717, 1.165) is 11.6 Å². The van der Waals surface area contributed by atoms with Crippen LogP contribution < -0.4 is 0 Å². The van der Waals surface area contributed by atoms with Gasteiger partial charge in [0, 0.05) is 11.6 Å². The Morgan fingerprint density at radius 2 is 1.30 bits per heavy atom. The van der Waals surface area contributed by atoms with Crippen LogP contribution in [0.4, 0.5) is 13.2 Å². The van der Waals surface area contributed by atoms with Gasteiger partial charge in [-0.05, 0) is 23.1 Å². The third kappa shape index (κ3) is 2.98. The summed E-state index contributed by atoms with van der Waals surface area (Å²) < 4.78 is 39.8. The van der Waals surface area contributed by atoms with E-state index in [0.29, 0.717) is 17.5 Å². The number of rotatable bonds is 3. The molecular formula is C16H14ClF3. The first-order valence-corrected chi connectivity index (χ1v) is 6.72. The normalized spacial score (nSPS) is 12.8. The quantitative estimate of drug-likeness (QED) is 0.514. The van der Waals surface area contributed by atoms with Gasteiger partial charge >= 0.3 is 0 Å². The molecule has 0 N–H and O–H groups in total. The van der Waals surface area contributed by atoms with Gasteiger partial charge in [-0.3, -0.25) is 0 Å². The van der Waals surface area contributed by atoms with E-state index in [1.54, 1.807) is 12.1 Å². The van der Waals surface area contributed by atoms with Gasteiger partial charge in [-0.2, -0.15) is 0 Å². The van der Waals surface area contributed by atoms with E-state index in [1.165, 1.54) is 0 Å². The van der Waals surface area contributed by atoms with Crippen LogP contribution in [0.1, 0.15) is 41.8 Å². The van der Waals surface area contributed by atoms with Gasteiger partial charge in [0.1, 0.15) is 5.82 Å². The molecule has 0 bridgehead atoms. The summed E-state index contributed by atoms with van der Waals surface area (Å²) >= 11 is 6.16. The average Bonchev–Trinajstić information content (AvgIpc) is 2.42. The second-order valence-corrected chi connectivity index (χ2v) is 5.41. The van der Waals surface area contributed by atoms with Crippen LogP contribution in [0.25, 0.3) is 0 Å². The lowest BCUT2D eigenvalue weighted by Gasteiger charge is -2.13. The van der Waals surface area contributed by atoms with Gasteiger partial charge in [0.05, 0.1) is 5.38 Å². The molecule has 0 spiro atoms. The Morgan fingerprint density at radius 1 is 0.800 bits per heavy atom. The number of alkyl halides is 1. The highest BCUT2D eigenvalue weighted by Crippen LogP contribution is 2.32. The van der Waals surface area contributed by atoms with Crippen molar-refractivity contribution in [2.75, 3.05) is 0 Å². The summed E-state index contributed by atoms with van der Waals surface area (Å²) in [5.41, 5.74) is 1.70. The number of hydrogen-bond acceptors (Lipinski definition) is 0. The molecule has 2 aromatic rings. The smallest absolute Gasteiger partial charge is 0.161 e. The van der Waals surface area contributed by atoms with Crippen molar-refractivity contribution >= 4 is 11.6 Å². The van der Waals surface area contributed by atoms with Crippen molar-refractivity contribution in [1.29, 1.82) is 0 Å². The van der Waals surface area contributed by atoms with E-state index in [1.807, 2.05) is 12.1 Å². The fraction of sp³-hybridized carbons (Fsp3) is 0.250. The lowest BCUT2D eigenvalue weighted by atomic mass is 9.98. The highest BCUT2D eigenvalue weighted by Gasteiger charge is 2.18. The molecule has 0 heterocycles. The lowest BCUT2D eigenvalue weighted by Crippen LogP contribution is -2.00. The van der Waals surface area contributed by atoms with Crippen molar-refractivity contribution in [2.24, 2.45) is 0 Å². The Labute approximate surface area is 121 Å². The minimum Gasteiger partial charge on any atom is -0.207 e. The molecule has 1 atom stereocenters. The van der Waals surface area contributed by atoms with Crippen LogP contribution in [-0.4, -0.2) is 0 Å². The standard InChI is InChI=1S/C16H14ClF3/c1-9(2)10-3-5-11(6-4-10)16(17)12-7-14(19)15(20)8-13(12)18/h3-9,16H,1-2H3. The maximum Gasteiger partial charge on any atom is 0.161 e. The van der Waals surface area contributed by atoms with E-state index in [4.69, 9.17) is 11.6 Å². The Hall–Kier alpha value is -1.48. The van der Waals surface area contributed by atoms with Crippen LogP contribution >= 0.6 is 11.6 Å². The summed E-state index contributed by atoms with van der Waals surface area (Å²) in [6.07, 6.45) is 0. The average molecular weight is 299 g/mol. The topological polar surface area (TPSA) is 0 Å². The molecule has 0 amide bonds. The molecular weight excluding hydrogens is 285 g/mol. The summed E-state index contributed by atoms with van der Waals surface area (Å²) in [5, 5.41) is -0.855. The maximum atomic E-state index is 13.7. The third-order valence-electron chi connectivity index (χ3n) is 3.21. The van der Waals surface area contributed by atoms with Crippen LogP contribution in [-0.2, 0) is 0 Å². The molecule has 4 heteroatoms. The Kier molecular flexibility index (Phi) is 4.39. The molecule has 106 valence electrons. The van der Waals surface area contributed by atoms with Crippen molar-refractivity contribution in [3.63, 3.8) is 0 Å². The molecule has 0 aromatic heterocycles. The molecule has 20 heavy (non-hydrogen) atoms. The number of hydrogen-bond donors (Lipinski definition) is 0. The van der Waals surface area contributed by atoms with Gasteiger partial charge in [-0.15, -0.1) is 11.6 Å². The van der Waals surface area contributed by atoms with Crippen molar-refractivity contribution in [1.82, 2.24) is 0 Å². The molecule has 0 nitrogen and oxygen atoms in total. The second kappa shape index (κ2) is 5.88. The zero-order chi connectivity index (χ0) is 14.9. The summed E-state index contributed by atoms with van der Waals surface area (Å²) in [7, 11) is 0. The first-order valence-electron chi connectivity index (χ1n) is 6.28. The van der Waals surface area contributed by atoms with Crippen LogP contribution in [0.5, 0.6) is 0 Å². The van der Waals surface area contributed by atoms with Crippen molar-refractivity contribution < 1.29 is 13.2 Å². The molecule has 0 aliphatic heterocycles. The van der Waals surface area contributed by atoms with Gasteiger partial charge < -0.3 is 0 Å². The first kappa shape index (κ1) is 14.9. The highest BCUT2D eigenvalue weighted by atomic mass is 35.5. The Morgan fingerprint density at radius 3 is 1.85 bits per heavy atom. The van der Waals surface area contributed by atoms with Crippen molar-refractivity contribution in [3.8, 4) is 0 Å². The molecule has 0 aliphatic carbocycles. The largest absolute Gasteiger partial charge is 0.207 e. The summed E-state index contributed by atoms with van der Waals surface area (Å²) in [6.45, 7) is 4.12. The molecule has 2 aromatic carbocycles. The van der Waals surface area contributed by atoms with Crippen LogP contribution in [0, 0.1) is 17.5 Å². The molecule has 2 rings (SSSR count). The van der Waals surface area contributed by atoms with Gasteiger partial charge in [0.2, 0.25) is 0 Å². The van der Waals surface area contributed by atoms with E-state index < -0.39 is 22.8 Å². The summed E-state index contributed by atoms with van der Waals surface area (Å²) in [4.78, 5) is 0. The van der Waals surface area contributed by atoms with Crippen LogP contribution in [0.15, 0.2) is 36.4 Å². The number of benzene rings is 2. The van der Waals surface area contributed by atoms with Crippen molar-refractivity contribution in [2.45, 2.75) is 25.1 Å². The van der Waals surface area contributed by atoms with E-state index >= 15 is 0 Å². The second-order valence-electron chi connectivity index (χ2n) is 4.97. The van der Waals surface area contributed by atoms with Crippen molar-refractivity contribution in [3.05, 3.63) is 70.5 Å². The monoisotopic (exact) mass is 298 g/mol. The van der Waals surface area contributed by atoms with Gasteiger partial charge in [0.25, 0.3) is 0 Å². The number of halogens is 4. The minimum atomic E-state index is -1.22. The van der Waals surface area contributed by atoms with Gasteiger partial charge in [-0.1, -0.05) is 38.1 Å². The van der Waals surface area contributed by atoms with E-state index in [2.05, 4.69) is 13.8 Å². The highest BCUT2D eigenvalue weighted by molar-refractivity contribution is 6.22. The van der Waals surface area contributed by atoms with E-state index in [-0.39, 0.29) is 5.56 Å².